The van der Waals surface area contributed by atoms with Crippen LogP contribution < -0.4 is 10.5 Å². The second kappa shape index (κ2) is 5.26. The smallest absolute Gasteiger partial charge is 0.314 e. The Hall–Kier alpha value is -2.15. The number of para-hydroxylation sites is 1. The number of benzene rings is 1. The fourth-order valence-electron chi connectivity index (χ4n) is 1.54. The van der Waals surface area contributed by atoms with Crippen LogP contribution in [0.2, 0.25) is 0 Å². The Kier molecular flexibility index (Phi) is 4.00. The number of methoxy groups -OCH3 is 1. The molecule has 7 heteroatoms. The highest BCUT2D eigenvalue weighted by molar-refractivity contribution is 5.79. The van der Waals surface area contributed by atoms with Gasteiger partial charge in [-0.2, -0.15) is 0 Å². The van der Waals surface area contributed by atoms with Gasteiger partial charge in [0.15, 0.2) is 5.75 Å². The number of hydrogen-bond acceptors (Lipinski definition) is 5. The number of ether oxygens (including phenoxy) is 1. The largest absolute Gasteiger partial charge is 0.490 e. The summed E-state index contributed by atoms with van der Waals surface area (Å²) in [4.78, 5) is 21.2. The quantitative estimate of drug-likeness (QED) is 0.579. The highest BCUT2D eigenvalue weighted by atomic mass is 16.6. The molecule has 1 aromatic rings. The van der Waals surface area contributed by atoms with Crippen LogP contribution in [0.25, 0.3) is 0 Å². The van der Waals surface area contributed by atoms with Crippen molar-refractivity contribution < 1.29 is 19.6 Å². The van der Waals surface area contributed by atoms with Gasteiger partial charge in [-0.25, -0.2) is 0 Å². The second-order valence-electron chi connectivity index (χ2n) is 3.28. The Labute approximate surface area is 97.0 Å². The van der Waals surface area contributed by atoms with Crippen LogP contribution in [0.1, 0.15) is 11.5 Å². The van der Waals surface area contributed by atoms with E-state index in [0.29, 0.717) is 0 Å². The fourth-order valence-corrected chi connectivity index (χ4v) is 1.54. The van der Waals surface area contributed by atoms with Crippen molar-refractivity contribution in [2.24, 2.45) is 5.73 Å². The molecule has 1 atom stereocenters. The lowest BCUT2D eigenvalue weighted by Gasteiger charge is -2.12. The van der Waals surface area contributed by atoms with Gasteiger partial charge in [-0.3, -0.25) is 14.9 Å². The van der Waals surface area contributed by atoms with Gasteiger partial charge in [0, 0.05) is 12.1 Å². The second-order valence-corrected chi connectivity index (χ2v) is 3.28. The lowest BCUT2D eigenvalue weighted by Crippen LogP contribution is -2.22. The van der Waals surface area contributed by atoms with Crippen LogP contribution in [-0.2, 0) is 4.79 Å². The van der Waals surface area contributed by atoms with E-state index in [2.05, 4.69) is 0 Å². The number of nitrogens with zero attached hydrogens (tertiary/aromatic N) is 1. The molecule has 0 radical (unpaired) electrons. The first-order valence-corrected chi connectivity index (χ1v) is 4.77. The molecule has 0 aliphatic carbocycles. The number of carboxylic acids is 1. The molecule has 7 nitrogen and oxygen atoms in total. The molecule has 1 rings (SSSR count). The van der Waals surface area contributed by atoms with Crippen molar-refractivity contribution in [1.82, 2.24) is 0 Å². The predicted molar refractivity (Wildman–Crippen MR) is 59.1 cm³/mol. The number of carboxylic acid groups (broad SMARTS) is 1. The summed E-state index contributed by atoms with van der Waals surface area (Å²) in [5, 5.41) is 19.9. The Morgan fingerprint density at radius 1 is 1.65 bits per heavy atom. The average Bonchev–Trinajstić information content (AvgIpc) is 2.28. The van der Waals surface area contributed by atoms with E-state index in [4.69, 9.17) is 15.6 Å². The third-order valence-electron chi connectivity index (χ3n) is 2.34. The molecule has 1 aromatic carbocycles. The summed E-state index contributed by atoms with van der Waals surface area (Å²) in [7, 11) is 1.28. The average molecular weight is 240 g/mol. The maximum absolute atomic E-state index is 11.0. The zero-order chi connectivity index (χ0) is 13.0. The molecule has 0 saturated carbocycles. The first-order chi connectivity index (χ1) is 8.02. The highest BCUT2D eigenvalue weighted by Gasteiger charge is 2.29. The van der Waals surface area contributed by atoms with E-state index in [-0.39, 0.29) is 23.5 Å². The molecule has 0 spiro atoms. The van der Waals surface area contributed by atoms with Crippen LogP contribution in [0, 0.1) is 10.1 Å². The van der Waals surface area contributed by atoms with Crippen molar-refractivity contribution in [3.05, 3.63) is 33.9 Å². The predicted octanol–water partition coefficient (Wildman–Crippen LogP) is 0.730. The Bertz CT molecular complexity index is 446. The molecule has 1 unspecified atom stereocenters. The minimum atomic E-state index is -1.20. The van der Waals surface area contributed by atoms with E-state index in [1.54, 1.807) is 0 Å². The summed E-state index contributed by atoms with van der Waals surface area (Å²) in [6.07, 6.45) is 0. The van der Waals surface area contributed by atoms with Crippen LogP contribution in [0.3, 0.4) is 0 Å². The minimum Gasteiger partial charge on any atom is -0.490 e. The number of rotatable bonds is 5. The molecular weight excluding hydrogens is 228 g/mol. The van der Waals surface area contributed by atoms with Gasteiger partial charge in [-0.1, -0.05) is 12.1 Å². The van der Waals surface area contributed by atoms with Gasteiger partial charge < -0.3 is 15.6 Å². The SMILES string of the molecule is COc1cccc(C(CN)C(=O)O)c1[N+](=O)[O-]. The van der Waals surface area contributed by atoms with E-state index in [0.717, 1.165) is 0 Å². The molecule has 0 aliphatic heterocycles. The zero-order valence-electron chi connectivity index (χ0n) is 9.12. The molecule has 0 heterocycles. The van der Waals surface area contributed by atoms with E-state index in [9.17, 15) is 14.9 Å². The summed E-state index contributed by atoms with van der Waals surface area (Å²) in [6, 6.07) is 4.26. The summed E-state index contributed by atoms with van der Waals surface area (Å²) in [6.45, 7) is -0.219. The van der Waals surface area contributed by atoms with Crippen LogP contribution in [0.5, 0.6) is 5.75 Å². The van der Waals surface area contributed by atoms with E-state index in [1.165, 1.54) is 25.3 Å². The number of nitro groups is 1. The van der Waals surface area contributed by atoms with Gasteiger partial charge in [-0.05, 0) is 6.07 Å². The summed E-state index contributed by atoms with van der Waals surface area (Å²) >= 11 is 0. The van der Waals surface area contributed by atoms with Gasteiger partial charge in [0.2, 0.25) is 0 Å². The van der Waals surface area contributed by atoms with Gasteiger partial charge in [-0.15, -0.1) is 0 Å². The van der Waals surface area contributed by atoms with E-state index in [1.807, 2.05) is 0 Å². The normalized spacial score (nSPS) is 11.9. The van der Waals surface area contributed by atoms with E-state index < -0.39 is 16.8 Å². The summed E-state index contributed by atoms with van der Waals surface area (Å²) in [5.74, 6) is -2.30. The van der Waals surface area contributed by atoms with Gasteiger partial charge in [0.1, 0.15) is 5.92 Å². The minimum absolute atomic E-state index is 0.0206. The number of carbonyl (C=O) groups is 1. The number of aliphatic carboxylic acids is 1. The third-order valence-corrected chi connectivity index (χ3v) is 2.34. The Morgan fingerprint density at radius 3 is 2.71 bits per heavy atom. The molecule has 92 valence electrons. The van der Waals surface area contributed by atoms with Crippen LogP contribution in [0.4, 0.5) is 5.69 Å². The van der Waals surface area contributed by atoms with Crippen molar-refractivity contribution in [3.63, 3.8) is 0 Å². The molecule has 17 heavy (non-hydrogen) atoms. The molecule has 0 aliphatic rings. The lowest BCUT2D eigenvalue weighted by molar-refractivity contribution is -0.386. The third kappa shape index (κ3) is 2.51. The molecule has 0 saturated heterocycles. The van der Waals surface area contributed by atoms with Crippen molar-refractivity contribution in [1.29, 1.82) is 0 Å². The standard InChI is InChI=1S/C10H12N2O5/c1-17-8-4-2-3-6(9(8)12(15)16)7(5-11)10(13)14/h2-4,7H,5,11H2,1H3,(H,13,14). The van der Waals surface area contributed by atoms with Crippen LogP contribution >= 0.6 is 0 Å². The van der Waals surface area contributed by atoms with Crippen molar-refractivity contribution in [3.8, 4) is 5.75 Å². The first-order valence-electron chi connectivity index (χ1n) is 4.77. The monoisotopic (exact) mass is 240 g/mol. The van der Waals surface area contributed by atoms with Crippen molar-refractivity contribution in [2.75, 3.05) is 13.7 Å². The topological polar surface area (TPSA) is 116 Å². The van der Waals surface area contributed by atoms with Gasteiger partial charge >= 0.3 is 11.7 Å². The number of nitrogens with two attached hydrogens (primary N) is 1. The maximum atomic E-state index is 11.0. The van der Waals surface area contributed by atoms with Crippen molar-refractivity contribution >= 4 is 11.7 Å². The van der Waals surface area contributed by atoms with Crippen LogP contribution in [-0.4, -0.2) is 29.7 Å². The molecule has 0 bridgehead atoms. The maximum Gasteiger partial charge on any atom is 0.314 e. The fraction of sp³-hybridized carbons (Fsp3) is 0.300. The summed E-state index contributed by atoms with van der Waals surface area (Å²) < 4.78 is 4.85. The Balaban J connectivity index is 3.41. The molecule has 3 N–H and O–H groups in total. The molecule has 0 fully saturated rings. The molecule has 0 aromatic heterocycles. The highest BCUT2D eigenvalue weighted by Crippen LogP contribution is 2.34. The Morgan fingerprint density at radius 2 is 2.29 bits per heavy atom. The van der Waals surface area contributed by atoms with Gasteiger partial charge in [0.05, 0.1) is 12.0 Å². The number of nitro benzene ring substituents is 1. The number of hydrogen-bond donors (Lipinski definition) is 2. The van der Waals surface area contributed by atoms with E-state index >= 15 is 0 Å². The summed E-state index contributed by atoms with van der Waals surface area (Å²) in [5.41, 5.74) is 5.01. The lowest BCUT2D eigenvalue weighted by atomic mass is 9.97. The zero-order valence-corrected chi connectivity index (χ0v) is 9.12. The molecule has 0 amide bonds. The van der Waals surface area contributed by atoms with Crippen molar-refractivity contribution in [2.45, 2.75) is 5.92 Å². The van der Waals surface area contributed by atoms with Gasteiger partial charge in [0.25, 0.3) is 0 Å². The molecular formula is C10H12N2O5. The van der Waals surface area contributed by atoms with Crippen LogP contribution in [0.15, 0.2) is 18.2 Å². The first kappa shape index (κ1) is 12.9.